The van der Waals surface area contributed by atoms with Gasteiger partial charge in [0.05, 0.1) is 24.9 Å². The van der Waals surface area contributed by atoms with E-state index >= 15 is 0 Å². The second kappa shape index (κ2) is 8.95. The van der Waals surface area contributed by atoms with Crippen LogP contribution < -0.4 is 11.5 Å². The minimum atomic E-state index is -0.552. The Kier molecular flexibility index (Phi) is 6.74. The minimum absolute atomic E-state index is 0.0123. The summed E-state index contributed by atoms with van der Waals surface area (Å²) < 4.78 is 0. The predicted octanol–water partition coefficient (Wildman–Crippen LogP) is 3.34. The Morgan fingerprint density at radius 2 is 1.84 bits per heavy atom. The normalized spacial score (nSPS) is 45.5. The molecule has 0 aliphatic heterocycles. The van der Waals surface area contributed by atoms with Crippen LogP contribution in [0.2, 0.25) is 0 Å². The van der Waals surface area contributed by atoms with Crippen molar-refractivity contribution in [2.45, 2.75) is 103 Å². The van der Waals surface area contributed by atoms with E-state index in [4.69, 9.17) is 16.3 Å². The van der Waals surface area contributed by atoms with Gasteiger partial charge in [0.2, 0.25) is 5.96 Å². The summed E-state index contributed by atoms with van der Waals surface area (Å²) in [6.07, 6.45) is 11.6. The number of fused-ring (bicyclic) bond motifs is 5. The fourth-order valence-electron chi connectivity index (χ4n) is 8.67. The molecule has 0 aromatic carbocycles. The molecule has 0 heterocycles. The molecule has 8 atom stereocenters. The molecular weight excluding hydrogens is 404 g/mol. The van der Waals surface area contributed by atoms with Gasteiger partial charge in [0.1, 0.15) is 0 Å². The first-order valence-electron chi connectivity index (χ1n) is 13.0. The minimum Gasteiger partial charge on any atom is -0.393 e. The highest BCUT2D eigenvalue weighted by atomic mass is 16.7. The Morgan fingerprint density at radius 1 is 1.06 bits per heavy atom. The number of nitrogens with zero attached hydrogens (tertiary/aromatic N) is 2. The van der Waals surface area contributed by atoms with Crippen LogP contribution in [0.1, 0.15) is 91.4 Å². The third-order valence-electron chi connectivity index (χ3n) is 10.4. The molecule has 0 saturated heterocycles. The summed E-state index contributed by atoms with van der Waals surface area (Å²) in [5, 5.41) is 28.1. The fraction of sp³-hybridized carbons (Fsp3) is 0.960. The topological polar surface area (TPSA) is 117 Å². The monoisotopic (exact) mass is 450 g/mol. The first-order chi connectivity index (χ1) is 15.1. The quantitative estimate of drug-likeness (QED) is 0.268. The van der Waals surface area contributed by atoms with Crippen molar-refractivity contribution in [1.82, 2.24) is 5.17 Å². The first kappa shape index (κ1) is 24.1. The van der Waals surface area contributed by atoms with Gasteiger partial charge in [-0.25, -0.2) is 0 Å². The number of hydrogen-bond acceptors (Lipinski definition) is 5. The number of nitrogens with two attached hydrogens (primary N) is 2. The van der Waals surface area contributed by atoms with Crippen molar-refractivity contribution < 1.29 is 15.1 Å². The van der Waals surface area contributed by atoms with E-state index in [0.717, 1.165) is 57.8 Å². The zero-order valence-corrected chi connectivity index (χ0v) is 20.4. The molecule has 0 aromatic heterocycles. The standard InChI is InChI=1S/C25H46N4O3/c1-4-32-29(28-22(26)27)15-5-6-17-9-14-25(31)21-8-7-18-16-19(30)10-12-23(18,2)20(21)11-13-24(17,25)3/h17-21,30-31H,4-16H2,1-3H3,(H4,26,27,28)/t17-,18+,19-,20-,21+,23-,24+,25-/m0/s1. The van der Waals surface area contributed by atoms with Crippen LogP contribution in [0.15, 0.2) is 5.10 Å². The molecule has 6 N–H and O–H groups in total. The van der Waals surface area contributed by atoms with Crippen LogP contribution in [-0.2, 0) is 4.84 Å². The first-order valence-corrected chi connectivity index (χ1v) is 13.0. The van der Waals surface area contributed by atoms with Crippen molar-refractivity contribution >= 4 is 5.96 Å². The highest BCUT2D eigenvalue weighted by Gasteiger charge is 2.66. The molecule has 4 aliphatic rings. The molecule has 0 aromatic rings. The van der Waals surface area contributed by atoms with Crippen molar-refractivity contribution in [2.75, 3.05) is 13.2 Å². The van der Waals surface area contributed by atoms with Gasteiger partial charge in [-0.05, 0) is 112 Å². The third kappa shape index (κ3) is 3.92. The number of aliphatic hydroxyl groups is 2. The Labute approximate surface area is 193 Å². The number of hydrogen-bond donors (Lipinski definition) is 4. The van der Waals surface area contributed by atoms with Crippen molar-refractivity contribution in [1.29, 1.82) is 0 Å². The van der Waals surface area contributed by atoms with Crippen LogP contribution in [0.25, 0.3) is 0 Å². The molecule has 32 heavy (non-hydrogen) atoms. The van der Waals surface area contributed by atoms with E-state index in [1.165, 1.54) is 18.0 Å². The molecule has 7 heteroatoms. The van der Waals surface area contributed by atoms with Crippen LogP contribution in [0.5, 0.6) is 0 Å². The molecule has 4 aliphatic carbocycles. The Morgan fingerprint density at radius 3 is 2.56 bits per heavy atom. The molecule has 0 amide bonds. The smallest absolute Gasteiger partial charge is 0.211 e. The third-order valence-corrected chi connectivity index (χ3v) is 10.4. The van der Waals surface area contributed by atoms with E-state index < -0.39 is 5.60 Å². The van der Waals surface area contributed by atoms with Crippen molar-refractivity contribution in [3.63, 3.8) is 0 Å². The van der Waals surface area contributed by atoms with Crippen LogP contribution in [0.3, 0.4) is 0 Å². The molecule has 0 spiro atoms. The average molecular weight is 451 g/mol. The highest BCUT2D eigenvalue weighted by molar-refractivity contribution is 5.75. The van der Waals surface area contributed by atoms with Crippen molar-refractivity contribution in [2.24, 2.45) is 51.1 Å². The maximum atomic E-state index is 12.3. The van der Waals surface area contributed by atoms with Gasteiger partial charge in [-0.1, -0.05) is 13.8 Å². The Bertz CT molecular complexity index is 701. The summed E-state index contributed by atoms with van der Waals surface area (Å²) in [4.78, 5) is 5.53. The summed E-state index contributed by atoms with van der Waals surface area (Å²) in [5.41, 5.74) is 10.8. The zero-order valence-electron chi connectivity index (χ0n) is 20.4. The summed E-state index contributed by atoms with van der Waals surface area (Å²) >= 11 is 0. The molecule has 0 unspecified atom stereocenters. The molecule has 4 fully saturated rings. The summed E-state index contributed by atoms with van der Waals surface area (Å²) in [6, 6.07) is 0. The van der Waals surface area contributed by atoms with Crippen LogP contribution >= 0.6 is 0 Å². The Balaban J connectivity index is 1.44. The lowest BCUT2D eigenvalue weighted by Crippen LogP contribution is -2.62. The van der Waals surface area contributed by atoms with Gasteiger partial charge in [-0.3, -0.25) is 4.84 Å². The second-order valence-electron chi connectivity index (χ2n) is 11.7. The average Bonchev–Trinajstić information content (AvgIpc) is 2.99. The highest BCUT2D eigenvalue weighted by Crippen LogP contribution is 2.69. The Hall–Kier alpha value is -1.05. The lowest BCUT2D eigenvalue weighted by molar-refractivity contribution is -0.211. The van der Waals surface area contributed by atoms with E-state index in [2.05, 4.69) is 18.9 Å². The zero-order chi connectivity index (χ0) is 23.1. The van der Waals surface area contributed by atoms with Gasteiger partial charge in [0, 0.05) is 0 Å². The van der Waals surface area contributed by atoms with Gasteiger partial charge < -0.3 is 21.7 Å². The van der Waals surface area contributed by atoms with Crippen molar-refractivity contribution in [3.8, 4) is 0 Å². The van der Waals surface area contributed by atoms with Crippen LogP contribution in [0.4, 0.5) is 0 Å². The second-order valence-corrected chi connectivity index (χ2v) is 11.7. The lowest BCUT2D eigenvalue weighted by atomic mass is 9.43. The number of aliphatic hydroxyl groups excluding tert-OH is 1. The molecular formula is C25H46N4O3. The van der Waals surface area contributed by atoms with Crippen LogP contribution in [0, 0.1) is 34.5 Å². The van der Waals surface area contributed by atoms with Gasteiger partial charge in [-0.15, -0.1) is 5.10 Å². The summed E-state index contributed by atoms with van der Waals surface area (Å²) in [7, 11) is 0. The van der Waals surface area contributed by atoms with Crippen LogP contribution in [-0.4, -0.2) is 46.2 Å². The number of guanidine groups is 1. The fourth-order valence-corrected chi connectivity index (χ4v) is 8.67. The van der Waals surface area contributed by atoms with Crippen molar-refractivity contribution in [3.05, 3.63) is 0 Å². The maximum absolute atomic E-state index is 12.3. The lowest BCUT2D eigenvalue weighted by Gasteiger charge is -2.63. The SMILES string of the molecule is CCON(CCC[C@H]1CC[C@]2(O)[C@@H]3CC[C@@H]4C[C@@H](O)CC[C@]4(C)[C@H]3CC[C@]12C)N=C(N)N. The number of rotatable bonds is 7. The van der Waals surface area contributed by atoms with E-state index in [1.54, 1.807) is 0 Å². The van der Waals surface area contributed by atoms with E-state index in [9.17, 15) is 10.2 Å². The summed E-state index contributed by atoms with van der Waals surface area (Å²) in [6.45, 7) is 7.96. The van der Waals surface area contributed by atoms with E-state index in [0.29, 0.717) is 36.8 Å². The van der Waals surface area contributed by atoms with E-state index in [-0.39, 0.29) is 22.9 Å². The van der Waals surface area contributed by atoms with Gasteiger partial charge >= 0.3 is 0 Å². The van der Waals surface area contributed by atoms with Gasteiger partial charge in [-0.2, -0.15) is 5.17 Å². The van der Waals surface area contributed by atoms with Gasteiger partial charge in [0.25, 0.3) is 0 Å². The molecule has 0 radical (unpaired) electrons. The molecule has 4 saturated carbocycles. The number of hydrazone groups is 1. The van der Waals surface area contributed by atoms with Gasteiger partial charge in [0.15, 0.2) is 0 Å². The largest absolute Gasteiger partial charge is 0.393 e. The molecule has 4 rings (SSSR count). The summed E-state index contributed by atoms with van der Waals surface area (Å²) in [5.74, 6) is 2.16. The molecule has 184 valence electrons. The van der Waals surface area contributed by atoms with E-state index in [1.807, 2.05) is 6.92 Å². The molecule has 0 bridgehead atoms. The number of hydroxylamine groups is 1. The molecule has 7 nitrogen and oxygen atoms in total. The predicted molar refractivity (Wildman–Crippen MR) is 126 cm³/mol. The maximum Gasteiger partial charge on any atom is 0.211 e.